The van der Waals surface area contributed by atoms with E-state index in [1.807, 2.05) is 30.3 Å². The van der Waals surface area contributed by atoms with E-state index in [0.717, 1.165) is 56.9 Å². The number of nitrogens with zero attached hydrogens (tertiary/aromatic N) is 1. The molecule has 6 rings (SSSR count). The van der Waals surface area contributed by atoms with E-state index in [4.69, 9.17) is 4.74 Å². The Labute approximate surface area is 252 Å². The summed E-state index contributed by atoms with van der Waals surface area (Å²) < 4.78 is 6.15. The molecule has 4 fully saturated rings. The van der Waals surface area contributed by atoms with Gasteiger partial charge in [0.15, 0.2) is 5.78 Å². The van der Waals surface area contributed by atoms with E-state index in [1.165, 1.54) is 5.57 Å². The summed E-state index contributed by atoms with van der Waals surface area (Å²) in [5, 5.41) is 13.4. The van der Waals surface area contributed by atoms with Crippen LogP contribution in [0.2, 0.25) is 0 Å². The molecule has 0 spiro atoms. The fraction of sp³-hybridized carbons (Fsp3) is 0.703. The molecule has 0 aromatic heterocycles. The maximum Gasteiger partial charge on any atom is 0.313 e. The number of hydrogen-bond acceptors (Lipinski definition) is 5. The number of ether oxygens (including phenoxy) is 1. The van der Waals surface area contributed by atoms with Crippen LogP contribution in [0.1, 0.15) is 112 Å². The second-order valence-electron chi connectivity index (χ2n) is 16.7. The van der Waals surface area contributed by atoms with Crippen LogP contribution >= 0.6 is 0 Å². The molecular weight excluding hydrogens is 522 g/mol. The summed E-state index contributed by atoms with van der Waals surface area (Å²) in [5.41, 5.74) is 1.91. The van der Waals surface area contributed by atoms with Crippen molar-refractivity contribution in [1.29, 1.82) is 0 Å². The third-order valence-electron chi connectivity index (χ3n) is 13.9. The number of fused-ring (bicyclic) bond motifs is 7. The highest BCUT2D eigenvalue weighted by Crippen LogP contribution is 2.75. The minimum atomic E-state index is -0.543. The van der Waals surface area contributed by atoms with Crippen LogP contribution in [0, 0.1) is 50.2 Å². The van der Waals surface area contributed by atoms with Gasteiger partial charge in [0.05, 0.1) is 5.41 Å². The highest BCUT2D eigenvalue weighted by atomic mass is 16.5. The Bertz CT molecular complexity index is 1340. The molecule has 5 aliphatic rings. The lowest BCUT2D eigenvalue weighted by Crippen LogP contribution is -2.65. The molecule has 42 heavy (non-hydrogen) atoms. The van der Waals surface area contributed by atoms with E-state index in [2.05, 4.69) is 59.7 Å². The molecule has 5 nitrogen and oxygen atoms in total. The predicted octanol–water partition coefficient (Wildman–Crippen LogP) is 8.54. The van der Waals surface area contributed by atoms with Crippen LogP contribution < -0.4 is 0 Å². The van der Waals surface area contributed by atoms with E-state index in [-0.39, 0.29) is 45.2 Å². The lowest BCUT2D eigenvalue weighted by atomic mass is 9.33. The van der Waals surface area contributed by atoms with Gasteiger partial charge in [0.1, 0.15) is 12.3 Å². The third kappa shape index (κ3) is 3.97. The first-order valence-corrected chi connectivity index (χ1v) is 16.3. The predicted molar refractivity (Wildman–Crippen MR) is 165 cm³/mol. The van der Waals surface area contributed by atoms with Crippen molar-refractivity contribution in [2.45, 2.75) is 113 Å². The molecule has 1 aromatic rings. The van der Waals surface area contributed by atoms with E-state index in [1.54, 1.807) is 0 Å². The zero-order valence-electron chi connectivity index (χ0n) is 26.9. The van der Waals surface area contributed by atoms with Gasteiger partial charge in [-0.3, -0.25) is 9.59 Å². The second-order valence-corrected chi connectivity index (χ2v) is 16.7. The summed E-state index contributed by atoms with van der Waals surface area (Å²) in [4.78, 5) is 27.5. The van der Waals surface area contributed by atoms with Crippen LogP contribution in [0.5, 0.6) is 0 Å². The first-order valence-electron chi connectivity index (χ1n) is 16.3. The van der Waals surface area contributed by atoms with Crippen molar-refractivity contribution in [3.8, 4) is 0 Å². The Morgan fingerprint density at radius 2 is 1.64 bits per heavy atom. The standard InChI is InChI=1S/C37H51NO4/c1-32(2)17-19-37(31(40)42-23-24-11-9-8-10-12-24)20-18-35(6)25(26(37)21-32)13-14-29-34(5)22-27(38-41)30(39)33(3,4)28(34)15-16-36(29,35)7/h8-13,26,28-29,41H,14-23H2,1-7H3/t26-,28-,29+,34-,35+,36+,37-/m0/s1. The normalized spacial score (nSPS) is 42.8. The summed E-state index contributed by atoms with van der Waals surface area (Å²) in [6, 6.07) is 10.0. The summed E-state index contributed by atoms with van der Waals surface area (Å²) in [5.74, 6) is 0.814. The number of allylic oxidation sites excluding steroid dienone is 2. The second kappa shape index (κ2) is 9.53. The van der Waals surface area contributed by atoms with Crippen molar-refractivity contribution in [2.24, 2.45) is 55.4 Å². The molecule has 0 saturated heterocycles. The number of benzene rings is 1. The number of oxime groups is 1. The van der Waals surface area contributed by atoms with Crippen molar-refractivity contribution in [2.75, 3.05) is 0 Å². The first kappa shape index (κ1) is 29.6. The smallest absolute Gasteiger partial charge is 0.313 e. The number of rotatable bonds is 3. The number of ketones is 1. The maximum atomic E-state index is 14.2. The van der Waals surface area contributed by atoms with E-state index in [9.17, 15) is 14.8 Å². The highest BCUT2D eigenvalue weighted by molar-refractivity contribution is 6.42. The van der Waals surface area contributed by atoms with Crippen molar-refractivity contribution in [1.82, 2.24) is 0 Å². The largest absolute Gasteiger partial charge is 0.460 e. The molecule has 1 N–H and O–H groups in total. The van der Waals surface area contributed by atoms with Crippen molar-refractivity contribution >= 4 is 17.5 Å². The number of carbonyl (C=O) groups excluding carboxylic acids is 2. The van der Waals surface area contributed by atoms with E-state index < -0.39 is 10.8 Å². The number of Topliss-reactive ketones (excluding diaryl/α,β-unsaturated/α-hetero) is 1. The van der Waals surface area contributed by atoms with Gasteiger partial charge in [0, 0.05) is 11.8 Å². The maximum absolute atomic E-state index is 14.2. The molecule has 0 amide bonds. The first-order chi connectivity index (χ1) is 19.6. The highest BCUT2D eigenvalue weighted by Gasteiger charge is 2.70. The number of hydrogen-bond donors (Lipinski definition) is 1. The molecule has 0 heterocycles. The molecule has 5 heteroatoms. The number of esters is 1. The minimum absolute atomic E-state index is 0.00547. The molecule has 7 atom stereocenters. The quantitative estimate of drug-likeness (QED) is 0.170. The van der Waals surface area contributed by atoms with Gasteiger partial charge in [-0.25, -0.2) is 0 Å². The Hall–Kier alpha value is -2.43. The monoisotopic (exact) mass is 573 g/mol. The van der Waals surface area contributed by atoms with Gasteiger partial charge in [-0.15, -0.1) is 0 Å². The molecule has 1 aromatic carbocycles. The van der Waals surface area contributed by atoms with Gasteiger partial charge in [-0.1, -0.05) is 95.6 Å². The zero-order chi connectivity index (χ0) is 30.3. The van der Waals surface area contributed by atoms with Crippen LogP contribution in [0.3, 0.4) is 0 Å². The van der Waals surface area contributed by atoms with Gasteiger partial charge in [0.2, 0.25) is 0 Å². The van der Waals surface area contributed by atoms with Gasteiger partial charge in [-0.05, 0) is 96.3 Å². The number of carbonyl (C=O) groups is 2. The van der Waals surface area contributed by atoms with E-state index in [0.29, 0.717) is 24.7 Å². The van der Waals surface area contributed by atoms with Gasteiger partial charge in [-0.2, -0.15) is 0 Å². The SMILES string of the molecule is CC1(C)CC[C@]2(C(=O)OCc3ccccc3)CC[C@]3(C)C(=CC[C@@H]4[C@@]5(C)CC(=NO)C(=O)C(C)(C)[C@@H]5CC[C@]43C)[C@@H]2C1. The van der Waals surface area contributed by atoms with Crippen LogP contribution in [0.25, 0.3) is 0 Å². The van der Waals surface area contributed by atoms with Gasteiger partial charge in [0.25, 0.3) is 0 Å². The Balaban J connectivity index is 1.39. The average molecular weight is 574 g/mol. The lowest BCUT2D eigenvalue weighted by Gasteiger charge is -2.70. The molecule has 0 aliphatic heterocycles. The van der Waals surface area contributed by atoms with E-state index >= 15 is 0 Å². The van der Waals surface area contributed by atoms with Crippen LogP contribution in [0.15, 0.2) is 47.1 Å². The average Bonchev–Trinajstić information content (AvgIpc) is 2.94. The molecule has 228 valence electrons. The Kier molecular flexibility index (Phi) is 6.73. The van der Waals surface area contributed by atoms with Crippen LogP contribution in [-0.4, -0.2) is 22.7 Å². The Morgan fingerprint density at radius 3 is 2.33 bits per heavy atom. The molecule has 5 aliphatic carbocycles. The third-order valence-corrected chi connectivity index (χ3v) is 13.9. The fourth-order valence-corrected chi connectivity index (χ4v) is 11.3. The summed E-state index contributed by atoms with van der Waals surface area (Å²) >= 11 is 0. The fourth-order valence-electron chi connectivity index (χ4n) is 11.3. The molecule has 0 bridgehead atoms. The summed E-state index contributed by atoms with van der Waals surface area (Å²) in [7, 11) is 0. The van der Waals surface area contributed by atoms with Gasteiger partial charge < -0.3 is 9.94 Å². The summed E-state index contributed by atoms with van der Waals surface area (Å²) in [6.45, 7) is 16.6. The van der Waals surface area contributed by atoms with Crippen molar-refractivity contribution in [3.05, 3.63) is 47.5 Å². The van der Waals surface area contributed by atoms with Crippen molar-refractivity contribution < 1.29 is 19.5 Å². The lowest BCUT2D eigenvalue weighted by molar-refractivity contribution is -0.185. The molecule has 0 unspecified atom stereocenters. The minimum Gasteiger partial charge on any atom is -0.460 e. The molecular formula is C37H51NO4. The molecule has 4 saturated carbocycles. The van der Waals surface area contributed by atoms with Crippen molar-refractivity contribution in [3.63, 3.8) is 0 Å². The topological polar surface area (TPSA) is 76.0 Å². The molecule has 0 radical (unpaired) electrons. The Morgan fingerprint density at radius 1 is 0.952 bits per heavy atom. The summed E-state index contributed by atoms with van der Waals surface area (Å²) in [6.07, 6.45) is 10.9. The van der Waals surface area contributed by atoms with Crippen LogP contribution in [0.4, 0.5) is 0 Å². The zero-order valence-corrected chi connectivity index (χ0v) is 26.9. The van der Waals surface area contributed by atoms with Gasteiger partial charge >= 0.3 is 5.97 Å². The van der Waals surface area contributed by atoms with Crippen LogP contribution in [-0.2, 0) is 20.9 Å².